The van der Waals surface area contributed by atoms with Gasteiger partial charge in [-0.25, -0.2) is 4.79 Å². The van der Waals surface area contributed by atoms with E-state index < -0.39 is 6.03 Å². The van der Waals surface area contributed by atoms with Gasteiger partial charge in [-0.2, -0.15) is 0 Å². The van der Waals surface area contributed by atoms with Crippen molar-refractivity contribution in [1.29, 1.82) is 0 Å². The van der Waals surface area contributed by atoms with Gasteiger partial charge in [0.2, 0.25) is 5.91 Å². The first-order valence-corrected chi connectivity index (χ1v) is 8.75. The van der Waals surface area contributed by atoms with E-state index in [0.29, 0.717) is 24.3 Å². The number of carbonyl (C=O) groups excluding carboxylic acids is 3. The number of nitrogens with two attached hydrogens (primary N) is 1. The minimum atomic E-state index is -0.457. The molecule has 2 aliphatic heterocycles. The molecule has 4 rings (SSSR count). The molecule has 8 heteroatoms. The Morgan fingerprint density at radius 3 is 2.48 bits per heavy atom. The van der Waals surface area contributed by atoms with Gasteiger partial charge in [0.1, 0.15) is 18.1 Å². The van der Waals surface area contributed by atoms with E-state index in [4.69, 9.17) is 10.2 Å². The summed E-state index contributed by atoms with van der Waals surface area (Å²) in [5.74, 6) is 1.13. The van der Waals surface area contributed by atoms with Crippen molar-refractivity contribution in [3.8, 4) is 0 Å². The molecule has 1 aromatic carbocycles. The van der Waals surface area contributed by atoms with E-state index in [-0.39, 0.29) is 30.3 Å². The number of aryl methyl sites for hydroxylation is 1. The maximum Gasteiger partial charge on any atom is 0.329 e. The Morgan fingerprint density at radius 1 is 1.15 bits per heavy atom. The number of anilines is 1. The van der Waals surface area contributed by atoms with Crippen molar-refractivity contribution in [1.82, 2.24) is 10.2 Å². The minimum absolute atomic E-state index is 0.0165. The van der Waals surface area contributed by atoms with Gasteiger partial charge in [-0.1, -0.05) is 0 Å². The van der Waals surface area contributed by atoms with Crippen molar-refractivity contribution in [2.75, 3.05) is 24.5 Å². The number of benzene rings is 1. The number of nitrogens with zero attached hydrogens (tertiary/aromatic N) is 2. The number of furan rings is 1. The van der Waals surface area contributed by atoms with Gasteiger partial charge in [-0.15, -0.1) is 0 Å². The molecule has 2 aliphatic rings. The number of urea groups is 1. The summed E-state index contributed by atoms with van der Waals surface area (Å²) in [6, 6.07) is 9.80. The molecule has 3 N–H and O–H groups in total. The van der Waals surface area contributed by atoms with E-state index in [0.717, 1.165) is 11.5 Å². The molecule has 0 bridgehead atoms. The van der Waals surface area contributed by atoms with Gasteiger partial charge in [0, 0.05) is 30.4 Å². The highest BCUT2D eigenvalue weighted by Gasteiger charge is 2.36. The van der Waals surface area contributed by atoms with Crippen molar-refractivity contribution >= 4 is 23.5 Å². The van der Waals surface area contributed by atoms with Gasteiger partial charge in [0.05, 0.1) is 5.92 Å². The third-order valence-corrected chi connectivity index (χ3v) is 5.00. The highest BCUT2D eigenvalue weighted by Crippen LogP contribution is 2.29. The van der Waals surface area contributed by atoms with E-state index in [1.165, 1.54) is 4.90 Å². The monoisotopic (exact) mass is 368 g/mol. The first-order chi connectivity index (χ1) is 12.9. The SMILES string of the molecule is Cc1ccc([C@@H]2CN(C(=O)c3ccc(N4CC(=O)NC4=O)cc3)C[C@H]2N)o1. The lowest BCUT2D eigenvalue weighted by Gasteiger charge is -2.17. The van der Waals surface area contributed by atoms with Crippen LogP contribution in [0.5, 0.6) is 0 Å². The molecule has 3 heterocycles. The molecule has 2 fully saturated rings. The Hall–Kier alpha value is -3.13. The lowest BCUT2D eigenvalue weighted by atomic mass is 10.0. The highest BCUT2D eigenvalue weighted by molar-refractivity contribution is 6.12. The van der Waals surface area contributed by atoms with Gasteiger partial charge in [0.25, 0.3) is 5.91 Å². The fourth-order valence-electron chi connectivity index (χ4n) is 3.57. The van der Waals surface area contributed by atoms with Crippen LogP contribution in [0.4, 0.5) is 10.5 Å². The normalized spacial score (nSPS) is 22.4. The minimum Gasteiger partial charge on any atom is -0.466 e. The summed E-state index contributed by atoms with van der Waals surface area (Å²) in [5, 5.41) is 2.22. The fraction of sp³-hybridized carbons (Fsp3) is 0.316. The number of rotatable bonds is 3. The molecule has 1 aromatic heterocycles. The van der Waals surface area contributed by atoms with Crippen LogP contribution in [0, 0.1) is 6.92 Å². The van der Waals surface area contributed by atoms with Crippen molar-refractivity contribution < 1.29 is 18.8 Å². The number of hydrogen-bond acceptors (Lipinski definition) is 5. The Labute approximate surface area is 155 Å². The van der Waals surface area contributed by atoms with Crippen molar-refractivity contribution in [3.63, 3.8) is 0 Å². The number of amides is 4. The standard InChI is InChI=1S/C19H20N4O4/c1-11-2-7-16(27-11)14-8-22(9-15(14)20)18(25)12-3-5-13(6-4-12)23-10-17(24)21-19(23)26/h2-7,14-15H,8-10,20H2,1H3,(H,21,24,26)/t14-,15-/m1/s1. The molecule has 0 unspecified atom stereocenters. The lowest BCUT2D eigenvalue weighted by molar-refractivity contribution is -0.117. The average molecular weight is 368 g/mol. The zero-order valence-corrected chi connectivity index (χ0v) is 14.8. The molecule has 140 valence electrons. The van der Waals surface area contributed by atoms with Crippen LogP contribution >= 0.6 is 0 Å². The van der Waals surface area contributed by atoms with Crippen LogP contribution in [0.1, 0.15) is 27.8 Å². The summed E-state index contributed by atoms with van der Waals surface area (Å²) < 4.78 is 5.67. The third kappa shape index (κ3) is 3.19. The molecule has 0 radical (unpaired) electrons. The molecular formula is C19H20N4O4. The first-order valence-electron chi connectivity index (χ1n) is 8.75. The largest absolute Gasteiger partial charge is 0.466 e. The van der Waals surface area contributed by atoms with E-state index >= 15 is 0 Å². The van der Waals surface area contributed by atoms with Gasteiger partial charge in [-0.3, -0.25) is 19.8 Å². The molecule has 27 heavy (non-hydrogen) atoms. The summed E-state index contributed by atoms with van der Waals surface area (Å²) in [6.07, 6.45) is 0. The Bertz CT molecular complexity index is 905. The van der Waals surface area contributed by atoms with Gasteiger partial charge >= 0.3 is 6.03 Å². The second kappa shape index (κ2) is 6.55. The van der Waals surface area contributed by atoms with Crippen LogP contribution in [0.3, 0.4) is 0 Å². The summed E-state index contributed by atoms with van der Waals surface area (Å²) in [7, 11) is 0. The maximum atomic E-state index is 12.8. The summed E-state index contributed by atoms with van der Waals surface area (Å²) in [5.41, 5.74) is 7.30. The lowest BCUT2D eigenvalue weighted by Crippen LogP contribution is -2.32. The van der Waals surface area contributed by atoms with E-state index in [1.54, 1.807) is 29.2 Å². The van der Waals surface area contributed by atoms with Crippen molar-refractivity contribution in [2.24, 2.45) is 5.73 Å². The first kappa shape index (κ1) is 17.3. The second-order valence-corrected chi connectivity index (χ2v) is 6.92. The summed E-state index contributed by atoms with van der Waals surface area (Å²) in [6.45, 7) is 2.81. The van der Waals surface area contributed by atoms with Crippen molar-refractivity contribution in [3.05, 3.63) is 53.5 Å². The summed E-state index contributed by atoms with van der Waals surface area (Å²) in [4.78, 5) is 38.9. The van der Waals surface area contributed by atoms with E-state index in [1.807, 2.05) is 19.1 Å². The number of carbonyl (C=O) groups is 3. The second-order valence-electron chi connectivity index (χ2n) is 6.92. The number of imide groups is 1. The molecule has 2 aromatic rings. The van der Waals surface area contributed by atoms with Crippen LogP contribution in [-0.4, -0.2) is 48.4 Å². The number of nitrogens with one attached hydrogen (secondary N) is 1. The van der Waals surface area contributed by atoms with Crippen LogP contribution < -0.4 is 16.0 Å². The molecule has 2 atom stereocenters. The molecule has 0 spiro atoms. The van der Waals surface area contributed by atoms with Gasteiger partial charge < -0.3 is 15.1 Å². The van der Waals surface area contributed by atoms with Gasteiger partial charge in [-0.05, 0) is 43.3 Å². The highest BCUT2D eigenvalue weighted by atomic mass is 16.3. The van der Waals surface area contributed by atoms with E-state index in [9.17, 15) is 14.4 Å². The topological polar surface area (TPSA) is 109 Å². The quantitative estimate of drug-likeness (QED) is 0.792. The van der Waals surface area contributed by atoms with Crippen LogP contribution in [0.2, 0.25) is 0 Å². The number of likely N-dealkylation sites (tertiary alicyclic amines) is 1. The summed E-state index contributed by atoms with van der Waals surface area (Å²) >= 11 is 0. The van der Waals surface area contributed by atoms with Crippen LogP contribution in [0.25, 0.3) is 0 Å². The molecular weight excluding hydrogens is 348 g/mol. The van der Waals surface area contributed by atoms with Crippen LogP contribution in [0.15, 0.2) is 40.8 Å². The Kier molecular flexibility index (Phi) is 4.19. The third-order valence-electron chi connectivity index (χ3n) is 5.00. The number of hydrogen-bond donors (Lipinski definition) is 2. The molecule has 8 nitrogen and oxygen atoms in total. The maximum absolute atomic E-state index is 12.8. The predicted octanol–water partition coefficient (Wildman–Crippen LogP) is 1.21. The Balaban J connectivity index is 1.47. The fourth-order valence-corrected chi connectivity index (χ4v) is 3.57. The molecule has 0 aliphatic carbocycles. The van der Waals surface area contributed by atoms with Crippen LogP contribution in [-0.2, 0) is 4.79 Å². The predicted molar refractivity (Wildman–Crippen MR) is 97.4 cm³/mol. The van der Waals surface area contributed by atoms with Gasteiger partial charge in [0.15, 0.2) is 0 Å². The van der Waals surface area contributed by atoms with E-state index in [2.05, 4.69) is 5.32 Å². The Morgan fingerprint density at radius 2 is 1.89 bits per heavy atom. The molecule has 0 saturated carbocycles. The molecule has 2 saturated heterocycles. The zero-order valence-electron chi connectivity index (χ0n) is 14.8. The smallest absolute Gasteiger partial charge is 0.329 e. The average Bonchev–Trinajstić information content (AvgIpc) is 3.33. The molecule has 4 amide bonds. The zero-order chi connectivity index (χ0) is 19.1. The van der Waals surface area contributed by atoms with Crippen molar-refractivity contribution in [2.45, 2.75) is 18.9 Å².